The van der Waals surface area contributed by atoms with Crippen molar-refractivity contribution in [2.45, 2.75) is 0 Å². The summed E-state index contributed by atoms with van der Waals surface area (Å²) in [5, 5.41) is 0. The zero-order chi connectivity index (χ0) is 9.00. The van der Waals surface area contributed by atoms with E-state index in [0.29, 0.717) is 0 Å². The summed E-state index contributed by atoms with van der Waals surface area (Å²) in [6.45, 7) is 0. The van der Waals surface area contributed by atoms with Gasteiger partial charge in [0.25, 0.3) is 0 Å². The summed E-state index contributed by atoms with van der Waals surface area (Å²) >= 11 is 0. The summed E-state index contributed by atoms with van der Waals surface area (Å²) in [6, 6.07) is 0. The minimum absolute atomic E-state index is 0. The smallest absolute Gasteiger partial charge is 0.759 e. The Morgan fingerprint density at radius 1 is 1.09 bits per heavy atom. The fourth-order valence-corrected chi connectivity index (χ4v) is 0. The van der Waals surface area contributed by atoms with Crippen LogP contribution in [0.1, 0.15) is 0 Å². The fraction of sp³-hybridized carbons (Fsp3) is 0. The van der Waals surface area contributed by atoms with Crippen LogP contribution in [0.15, 0.2) is 0 Å². The Morgan fingerprint density at radius 3 is 1.09 bits per heavy atom. The van der Waals surface area contributed by atoms with Crippen LogP contribution in [0.4, 0.5) is 0 Å². The van der Waals surface area contributed by atoms with E-state index in [-0.39, 0.29) is 16.5 Å². The van der Waals surface area contributed by atoms with Crippen LogP contribution in [0.25, 0.3) is 0 Å². The molecule has 0 spiro atoms. The Balaban J connectivity index is -0.000000107. The standard InChI is InChI=1S/Ni.H3O4P.H2O4S/c;2*1-5(2,3)4/h;(H3,1,2,3,4);(H2,1,2,3,4)/q+2;;/p-2. The maximum Gasteiger partial charge on any atom is 2.00 e. The van der Waals surface area contributed by atoms with E-state index in [1.54, 1.807) is 0 Å². The van der Waals surface area contributed by atoms with Gasteiger partial charge in [0.05, 0.1) is 0 Å². The van der Waals surface area contributed by atoms with E-state index in [0.717, 1.165) is 0 Å². The van der Waals surface area contributed by atoms with Gasteiger partial charge in [-0.05, 0) is 0 Å². The van der Waals surface area contributed by atoms with Crippen molar-refractivity contribution in [3.63, 3.8) is 0 Å². The Hall–Kier alpha value is 0.474. The second kappa shape index (κ2) is 6.04. The first-order chi connectivity index (χ1) is 4.00. The van der Waals surface area contributed by atoms with Crippen LogP contribution in [-0.2, 0) is 31.5 Å². The third-order valence-corrected chi connectivity index (χ3v) is 0. The quantitative estimate of drug-likeness (QED) is 0.188. The van der Waals surface area contributed by atoms with Crippen LogP contribution < -0.4 is 0 Å². The normalized spacial score (nSPS) is 10.6. The van der Waals surface area contributed by atoms with Crippen LogP contribution in [0.5, 0.6) is 0 Å². The van der Waals surface area contributed by atoms with Crippen molar-refractivity contribution in [2.75, 3.05) is 0 Å². The molecule has 0 saturated carbocycles. The first-order valence-electron chi connectivity index (χ1n) is 1.45. The van der Waals surface area contributed by atoms with Gasteiger partial charge < -0.3 is 23.8 Å². The maximum absolute atomic E-state index is 8.88. The van der Waals surface area contributed by atoms with Crippen molar-refractivity contribution < 1.29 is 53.3 Å². The van der Waals surface area contributed by atoms with E-state index < -0.39 is 18.2 Å². The minimum atomic E-state index is -5.17. The van der Waals surface area contributed by atoms with E-state index in [4.69, 9.17) is 36.8 Å². The molecule has 0 aliphatic carbocycles. The van der Waals surface area contributed by atoms with E-state index >= 15 is 0 Å². The molecular formula is H3NiO8PS. The molecule has 11 heteroatoms. The molecule has 8 nitrogen and oxygen atoms in total. The monoisotopic (exact) mass is 252 g/mol. The first-order valence-corrected chi connectivity index (χ1v) is 4.35. The summed E-state index contributed by atoms with van der Waals surface area (Å²) in [5.41, 5.74) is 0. The Kier molecular flexibility index (Phi) is 9.63. The van der Waals surface area contributed by atoms with Gasteiger partial charge in [0.15, 0.2) is 0 Å². The fourth-order valence-electron chi connectivity index (χ4n) is 0. The van der Waals surface area contributed by atoms with Crippen LogP contribution in [0.2, 0.25) is 0 Å². The Morgan fingerprint density at radius 2 is 1.09 bits per heavy atom. The molecule has 0 atom stereocenters. The van der Waals surface area contributed by atoms with E-state index in [2.05, 4.69) is 0 Å². The third-order valence-electron chi connectivity index (χ3n) is 0. The van der Waals surface area contributed by atoms with E-state index in [9.17, 15) is 0 Å². The topological polar surface area (TPSA) is 158 Å². The molecule has 0 saturated heterocycles. The molecule has 0 aliphatic rings. The molecular weight excluding hydrogens is 250 g/mol. The summed E-state index contributed by atoms with van der Waals surface area (Å²) in [5.74, 6) is 0. The molecule has 0 aromatic heterocycles. The SMILES string of the molecule is O=P(O)(O)O.O=S(=O)([O-])[O-].[Ni+2]. The molecule has 0 aromatic carbocycles. The van der Waals surface area contributed by atoms with Gasteiger partial charge in [-0.2, -0.15) is 0 Å². The number of phosphoric acid groups is 1. The van der Waals surface area contributed by atoms with Gasteiger partial charge in [0.2, 0.25) is 0 Å². The molecule has 0 radical (unpaired) electrons. The predicted molar refractivity (Wildman–Crippen MR) is 24.7 cm³/mol. The predicted octanol–water partition coefficient (Wildman–Crippen LogP) is -2.27. The number of hydrogen-bond donors (Lipinski definition) is 3. The molecule has 72 valence electrons. The second-order valence-corrected chi connectivity index (χ2v) is 2.76. The van der Waals surface area contributed by atoms with Crippen molar-refractivity contribution in [3.8, 4) is 0 Å². The van der Waals surface area contributed by atoms with Gasteiger partial charge >= 0.3 is 24.3 Å². The summed E-state index contributed by atoms with van der Waals surface area (Å²) < 4.78 is 43.0. The van der Waals surface area contributed by atoms with Gasteiger partial charge in [0, 0.05) is 10.4 Å². The molecule has 0 rings (SSSR count). The Labute approximate surface area is 72.0 Å². The first kappa shape index (κ1) is 17.5. The third kappa shape index (κ3) is 3350. The largest absolute Gasteiger partial charge is 2.00 e. The summed E-state index contributed by atoms with van der Waals surface area (Å²) in [4.78, 5) is 21.6. The molecule has 0 bridgehead atoms. The van der Waals surface area contributed by atoms with Crippen molar-refractivity contribution in [2.24, 2.45) is 0 Å². The molecule has 0 aliphatic heterocycles. The van der Waals surface area contributed by atoms with Gasteiger partial charge in [0.1, 0.15) is 0 Å². The average molecular weight is 253 g/mol. The van der Waals surface area contributed by atoms with Gasteiger partial charge in [-0.15, -0.1) is 0 Å². The second-order valence-electron chi connectivity index (χ2n) is 0.922. The van der Waals surface area contributed by atoms with Crippen molar-refractivity contribution >= 4 is 18.2 Å². The van der Waals surface area contributed by atoms with Gasteiger partial charge in [-0.1, -0.05) is 0 Å². The average Bonchev–Trinajstić information content (AvgIpc) is 1.12. The summed E-state index contributed by atoms with van der Waals surface area (Å²) in [7, 11) is -9.81. The molecule has 3 N–H and O–H groups in total. The Bertz CT molecular complexity index is 192. The van der Waals surface area contributed by atoms with E-state index in [1.807, 2.05) is 0 Å². The minimum Gasteiger partial charge on any atom is -0.759 e. The number of hydrogen-bond acceptors (Lipinski definition) is 5. The van der Waals surface area contributed by atoms with Gasteiger partial charge in [-0.3, -0.25) is 8.42 Å². The van der Waals surface area contributed by atoms with Crippen LogP contribution in [0, 0.1) is 0 Å². The van der Waals surface area contributed by atoms with Crippen molar-refractivity contribution in [1.29, 1.82) is 0 Å². The number of rotatable bonds is 0. The molecule has 0 fully saturated rings. The van der Waals surface area contributed by atoms with E-state index in [1.165, 1.54) is 0 Å². The van der Waals surface area contributed by atoms with Crippen LogP contribution in [-0.4, -0.2) is 32.2 Å². The van der Waals surface area contributed by atoms with Crippen LogP contribution in [0.3, 0.4) is 0 Å². The van der Waals surface area contributed by atoms with Crippen molar-refractivity contribution in [3.05, 3.63) is 0 Å². The molecule has 0 amide bonds. The van der Waals surface area contributed by atoms with Crippen molar-refractivity contribution in [1.82, 2.24) is 0 Å². The van der Waals surface area contributed by atoms with Crippen LogP contribution >= 0.6 is 7.82 Å². The van der Waals surface area contributed by atoms with Gasteiger partial charge in [-0.25, -0.2) is 4.57 Å². The maximum atomic E-state index is 8.88. The zero-order valence-electron chi connectivity index (χ0n) is 4.55. The molecule has 11 heavy (non-hydrogen) atoms. The molecule has 0 aromatic rings. The zero-order valence-corrected chi connectivity index (χ0v) is 7.25. The summed E-state index contributed by atoms with van der Waals surface area (Å²) in [6.07, 6.45) is 0. The molecule has 0 unspecified atom stereocenters. The molecule has 0 heterocycles.